The van der Waals surface area contributed by atoms with Gasteiger partial charge >= 0.3 is 59.4 Å². The molecule has 24 rings (SSSR count). The summed E-state index contributed by atoms with van der Waals surface area (Å²) in [4.78, 5) is 29.6. The summed E-state index contributed by atoms with van der Waals surface area (Å²) < 4.78 is 4.62. The summed E-state index contributed by atoms with van der Waals surface area (Å²) in [6, 6.07) is 139. The Bertz CT molecular complexity index is 8250. The van der Waals surface area contributed by atoms with Gasteiger partial charge in [-0.1, -0.05) is 251 Å². The fourth-order valence-corrected chi connectivity index (χ4v) is 29.5. The van der Waals surface area contributed by atoms with Gasteiger partial charge in [0.05, 0.1) is 113 Å². The van der Waals surface area contributed by atoms with Crippen molar-refractivity contribution in [3.63, 3.8) is 0 Å². The predicted octanol–water partition coefficient (Wildman–Crippen LogP) is 28.1. The van der Waals surface area contributed by atoms with E-state index in [1.807, 2.05) is 32.2 Å². The number of nitrogens with zero attached hydrogens (tertiary/aromatic N) is 8. The van der Waals surface area contributed by atoms with E-state index in [0.717, 1.165) is 101 Å². The van der Waals surface area contributed by atoms with Crippen LogP contribution in [0.5, 0.6) is 0 Å². The summed E-state index contributed by atoms with van der Waals surface area (Å²) in [6.45, 7) is 32.5. The van der Waals surface area contributed by atoms with Gasteiger partial charge in [-0.2, -0.15) is 0 Å². The van der Waals surface area contributed by atoms with E-state index in [-0.39, 0.29) is 107 Å². The zero-order chi connectivity index (χ0) is 92.4. The molecule has 19 aromatic carbocycles. The van der Waals surface area contributed by atoms with Gasteiger partial charge < -0.3 is 9.13 Å². The average molecular weight is 2420 g/mol. The van der Waals surface area contributed by atoms with Crippen LogP contribution in [0.15, 0.2) is 370 Å². The number of rotatable bonds is 11. The van der Waals surface area contributed by atoms with Crippen LogP contribution in [0.3, 0.4) is 0 Å². The van der Waals surface area contributed by atoms with Crippen molar-refractivity contribution < 1.29 is 59.4 Å². The minimum absolute atomic E-state index is 0. The van der Waals surface area contributed by atoms with Gasteiger partial charge in [0.2, 0.25) is 0 Å². The molecule has 0 aliphatic rings. The fraction of sp³-hybridized carbons (Fsp3) is 0.117. The number of aryl methyl sites for hydroxylation is 2. The van der Waals surface area contributed by atoms with Crippen LogP contribution in [0.25, 0.3) is 186 Å². The molecule has 0 amide bonds. The molecule has 0 unspecified atom stereocenters. The van der Waals surface area contributed by atoms with Crippen LogP contribution < -0.4 is 31.8 Å². The normalized spacial score (nSPS) is 11.4. The second kappa shape index (κ2) is 44.1. The Hall–Kier alpha value is -10.9. The zero-order valence-corrected chi connectivity index (χ0v) is 93.0. The molecule has 0 N–H and O–H groups in total. The van der Waals surface area contributed by atoms with E-state index < -0.39 is 0 Å². The van der Waals surface area contributed by atoms with E-state index in [1.54, 1.807) is 31.8 Å². The van der Waals surface area contributed by atoms with Gasteiger partial charge in [0, 0.05) is 105 Å². The topological polar surface area (TPSA) is 87.2 Å². The summed E-state index contributed by atoms with van der Waals surface area (Å²) in [5, 5.41) is 29.2. The molecule has 5 heterocycles. The summed E-state index contributed by atoms with van der Waals surface area (Å²) in [7, 11) is -1.57. The summed E-state index contributed by atoms with van der Waals surface area (Å²) >= 11 is 0. The van der Waals surface area contributed by atoms with Crippen LogP contribution in [-0.4, -0.2) is 119 Å². The van der Waals surface area contributed by atoms with Crippen molar-refractivity contribution in [3.05, 3.63) is 400 Å². The van der Waals surface area contributed by atoms with E-state index in [9.17, 15) is 0 Å². The molecule has 0 saturated heterocycles. The first-order valence-corrected chi connectivity index (χ1v) is 61.0. The second-order valence-electron chi connectivity index (χ2n) is 35.8. The van der Waals surface area contributed by atoms with Crippen LogP contribution in [0.4, 0.5) is 0 Å². The minimum Gasteiger partial charge on any atom is -0.351 e. The average Bonchev–Trinajstić information content (AvgIpc) is 1.61. The van der Waals surface area contributed by atoms with E-state index in [0.29, 0.717) is 0 Å². The Morgan fingerprint density at radius 1 is 0.234 bits per heavy atom. The first-order chi connectivity index (χ1) is 65.2. The Labute approximate surface area is 850 Å². The SMILES string of the molecule is C[PH+](C)c1ccccc1[PH+](C)C.C[PH+](C)c1ccccc1[PH+](C)C.C[PH+](C)c1ccccc1[PH+](C)C.Cc1nc2cc3ccccc3cc2nc1-c1[c-]cc2c(c1)c1ccccc1n2-c1ccccc1.Cc1nc2cc3ccccc3cc2nc1-c1[c-]cc2c3ccccc3n(-c3ccccc3)c2c1.[Os+].[Os+].[Os+].[c-]1cc2ccc3cccc4ccc(c1-c1cnc5cc6ccccc6cc5n1)c2c34. The monoisotopic (exact) mass is 2420 g/mol. The second-order valence-corrected chi connectivity index (χ2v) is 51.1. The molecule has 0 aliphatic heterocycles. The van der Waals surface area contributed by atoms with Crippen molar-refractivity contribution >= 4 is 221 Å². The van der Waals surface area contributed by atoms with E-state index >= 15 is 0 Å². The van der Waals surface area contributed by atoms with Gasteiger partial charge in [-0.05, 0) is 193 Å². The maximum Gasteiger partial charge on any atom is 1.00 e. The third-order valence-electron chi connectivity index (χ3n) is 25.3. The molecule has 0 spiro atoms. The van der Waals surface area contributed by atoms with Crippen molar-refractivity contribution in [1.29, 1.82) is 0 Å². The molecule has 0 atom stereocenters. The summed E-state index contributed by atoms with van der Waals surface area (Å²) in [6.07, 6.45) is 1.87. The third kappa shape index (κ3) is 20.9. The van der Waals surface area contributed by atoms with Crippen LogP contribution in [-0.2, 0) is 59.4 Å². The van der Waals surface area contributed by atoms with Gasteiger partial charge in [0.1, 0.15) is 31.8 Å². The van der Waals surface area contributed by atoms with E-state index in [4.69, 9.17) is 29.9 Å². The van der Waals surface area contributed by atoms with Crippen molar-refractivity contribution in [3.8, 4) is 45.1 Å². The van der Waals surface area contributed by atoms with Crippen molar-refractivity contribution in [2.75, 3.05) is 80.0 Å². The molecule has 24 aromatic rings. The Balaban J connectivity index is 0.000000125. The molecule has 5 aromatic heterocycles. The Morgan fingerprint density at radius 3 is 1.00 bits per heavy atom. The molecule has 3 radical (unpaired) electrons. The maximum atomic E-state index is 5.06. The first kappa shape index (κ1) is 99.1. The largest absolute Gasteiger partial charge is 1.00 e. The molecule has 0 fully saturated rings. The Morgan fingerprint density at radius 2 is 0.569 bits per heavy atom. The number of hydrogen-bond donors (Lipinski definition) is 0. The van der Waals surface area contributed by atoms with Gasteiger partial charge in [-0.3, -0.25) is 29.9 Å². The third-order valence-corrected chi connectivity index (χ3v) is 35.1. The molecular weight excluding hydrogens is 2310 g/mol. The maximum absolute atomic E-state index is 5.06. The standard InChI is InChI=1S/2C31H20N3.C28H15N2.3C10H16P2.3Os/c1-20-31(33-28-19-22-10-6-5-9-21(22)18-27(28)32-20)23-15-16-30-26(17-23)25-13-7-8-14-29(25)34(30)24-11-3-2-4-12-24;1-20-31(33-28-18-22-10-6-5-9-21(22)17-27(28)32-20)23-15-16-26-25-13-7-8-14-29(25)34(30(26)19-23)24-11-3-2-4-12-24;1-2-5-21-15-25-24(14-20(21)4-1)29-16-26(30-25)22-12-10-19-9-8-17-6-3-7-18-11-13-23(22)28(19)27(17)18;3*1-11(2)9-7-5-6-8-10(9)12(3)4;;;/h2*2-14,16-19H,1H3;1-11,13-16H;3*5-8H,1-4H3;;;/q3*-1;;;;3*+1/p+6. The molecule has 17 heteroatoms. The molecular formula is C120H109N8Os3P6+6. The van der Waals surface area contributed by atoms with Gasteiger partial charge in [0.15, 0.2) is 0 Å². The van der Waals surface area contributed by atoms with Crippen LogP contribution in [0, 0.1) is 32.0 Å². The molecule has 677 valence electrons. The van der Waals surface area contributed by atoms with Gasteiger partial charge in [-0.15, -0.1) is 65.2 Å². The number of fused-ring (bicyclic) bond motifs is 12. The van der Waals surface area contributed by atoms with Crippen LogP contribution in [0.2, 0.25) is 0 Å². The molecule has 0 saturated carbocycles. The minimum atomic E-state index is -0.261. The van der Waals surface area contributed by atoms with Crippen LogP contribution in [0.1, 0.15) is 11.4 Å². The zero-order valence-electron chi connectivity index (χ0n) is 79.4. The molecule has 0 bridgehead atoms. The van der Waals surface area contributed by atoms with Crippen molar-refractivity contribution in [2.45, 2.75) is 13.8 Å². The summed E-state index contributed by atoms with van der Waals surface area (Å²) in [5.74, 6) is 0. The van der Waals surface area contributed by atoms with E-state index in [2.05, 4.69) is 459 Å². The smallest absolute Gasteiger partial charge is 0.351 e. The van der Waals surface area contributed by atoms with Gasteiger partial charge in [0.25, 0.3) is 0 Å². The van der Waals surface area contributed by atoms with Crippen LogP contribution >= 0.6 is 47.5 Å². The number of benzene rings is 19. The molecule has 137 heavy (non-hydrogen) atoms. The number of aromatic nitrogens is 8. The van der Waals surface area contributed by atoms with E-state index in [1.165, 1.54) is 97.2 Å². The molecule has 0 aliphatic carbocycles. The number of hydrogen-bond acceptors (Lipinski definition) is 6. The quantitative estimate of drug-likeness (QED) is 0.0555. The predicted molar refractivity (Wildman–Crippen MR) is 604 cm³/mol. The first-order valence-electron chi connectivity index (χ1n) is 46.0. The van der Waals surface area contributed by atoms with Crippen molar-refractivity contribution in [2.24, 2.45) is 0 Å². The Kier molecular flexibility index (Phi) is 31.9. The fourth-order valence-electron chi connectivity index (χ4n) is 18.7. The van der Waals surface area contributed by atoms with Gasteiger partial charge in [-0.25, -0.2) is 0 Å². The van der Waals surface area contributed by atoms with Crippen molar-refractivity contribution in [1.82, 2.24) is 39.0 Å². The summed E-state index contributed by atoms with van der Waals surface area (Å²) in [5.41, 5.74) is 19.7. The molecule has 8 nitrogen and oxygen atoms in total. The number of para-hydroxylation sites is 4.